The Hall–Kier alpha value is -0.690. The first-order chi connectivity index (χ1) is 9.95. The summed E-state index contributed by atoms with van der Waals surface area (Å²) >= 11 is 0. The minimum atomic E-state index is -0.822. The van der Waals surface area contributed by atoms with Crippen LogP contribution < -0.4 is 11.5 Å². The third kappa shape index (κ3) is 4.92. The zero-order valence-electron chi connectivity index (χ0n) is 13.6. The van der Waals surface area contributed by atoms with Crippen molar-refractivity contribution in [3.05, 3.63) is 0 Å². The van der Waals surface area contributed by atoms with Crippen LogP contribution in [0.2, 0.25) is 0 Å². The van der Waals surface area contributed by atoms with Gasteiger partial charge in [0, 0.05) is 26.8 Å². The fraction of sp³-hybridized carbons (Fsp3) is 0.933. The van der Waals surface area contributed by atoms with Crippen LogP contribution in [0.4, 0.5) is 0 Å². The first kappa shape index (κ1) is 18.4. The summed E-state index contributed by atoms with van der Waals surface area (Å²) in [5.74, 6) is -0.187. The molecule has 21 heavy (non-hydrogen) atoms. The Morgan fingerprint density at radius 3 is 2.67 bits per heavy atom. The lowest BCUT2D eigenvalue weighted by Gasteiger charge is -2.33. The predicted molar refractivity (Wildman–Crippen MR) is 82.9 cm³/mol. The van der Waals surface area contributed by atoms with Gasteiger partial charge in [-0.05, 0) is 38.6 Å². The molecule has 1 amide bonds. The summed E-state index contributed by atoms with van der Waals surface area (Å²) in [4.78, 5) is 14.0. The molecular weight excluding hydrogens is 270 g/mol. The van der Waals surface area contributed by atoms with E-state index in [1.165, 1.54) is 0 Å². The van der Waals surface area contributed by atoms with Crippen LogP contribution in [0.1, 0.15) is 32.6 Å². The number of methoxy groups -OCH3 is 2. The Labute approximate surface area is 128 Å². The van der Waals surface area contributed by atoms with Gasteiger partial charge >= 0.3 is 0 Å². The van der Waals surface area contributed by atoms with Crippen LogP contribution >= 0.6 is 0 Å². The van der Waals surface area contributed by atoms with Gasteiger partial charge in [-0.3, -0.25) is 9.69 Å². The second kappa shape index (κ2) is 8.68. The number of ether oxygens (including phenoxy) is 2. The molecule has 0 aromatic heterocycles. The summed E-state index contributed by atoms with van der Waals surface area (Å²) in [6.07, 6.45) is 3.56. The van der Waals surface area contributed by atoms with Gasteiger partial charge in [-0.2, -0.15) is 0 Å². The van der Waals surface area contributed by atoms with Crippen molar-refractivity contribution in [2.45, 2.75) is 44.2 Å². The number of nitrogens with zero attached hydrogens (tertiary/aromatic N) is 1. The molecule has 1 saturated carbocycles. The molecule has 0 spiro atoms. The maximum Gasteiger partial charge on any atom is 0.237 e. The number of nitrogens with two attached hydrogens (primary N) is 2. The van der Waals surface area contributed by atoms with Crippen LogP contribution in [-0.2, 0) is 14.3 Å². The van der Waals surface area contributed by atoms with Gasteiger partial charge in [-0.1, -0.05) is 6.42 Å². The SMILES string of the molecule is COCCN(CCC1CCCC1(N)C(N)=O)C(C)COC. The molecule has 1 aliphatic carbocycles. The molecule has 1 fully saturated rings. The average molecular weight is 301 g/mol. The molecule has 6 nitrogen and oxygen atoms in total. The summed E-state index contributed by atoms with van der Waals surface area (Å²) in [7, 11) is 3.41. The molecule has 0 heterocycles. The fourth-order valence-corrected chi connectivity index (χ4v) is 3.26. The van der Waals surface area contributed by atoms with Crippen molar-refractivity contribution < 1.29 is 14.3 Å². The van der Waals surface area contributed by atoms with E-state index in [4.69, 9.17) is 20.9 Å². The highest BCUT2D eigenvalue weighted by Gasteiger charge is 2.44. The zero-order valence-corrected chi connectivity index (χ0v) is 13.6. The maximum absolute atomic E-state index is 11.6. The monoisotopic (exact) mass is 301 g/mol. The highest BCUT2D eigenvalue weighted by atomic mass is 16.5. The summed E-state index contributed by atoms with van der Waals surface area (Å²) in [6.45, 7) is 5.23. The Kier molecular flexibility index (Phi) is 7.59. The number of amides is 1. The van der Waals surface area contributed by atoms with Gasteiger partial charge in [-0.15, -0.1) is 0 Å². The van der Waals surface area contributed by atoms with E-state index < -0.39 is 5.54 Å². The second-order valence-corrected chi connectivity index (χ2v) is 6.12. The number of carbonyl (C=O) groups is 1. The van der Waals surface area contributed by atoms with Gasteiger partial charge < -0.3 is 20.9 Å². The van der Waals surface area contributed by atoms with Gasteiger partial charge in [0.2, 0.25) is 5.91 Å². The van der Waals surface area contributed by atoms with Crippen LogP contribution in [-0.4, -0.2) is 62.9 Å². The first-order valence-corrected chi connectivity index (χ1v) is 7.76. The molecule has 0 aromatic carbocycles. The van der Waals surface area contributed by atoms with Gasteiger partial charge in [0.1, 0.15) is 0 Å². The van der Waals surface area contributed by atoms with E-state index in [0.717, 1.165) is 32.4 Å². The summed E-state index contributed by atoms with van der Waals surface area (Å²) in [5.41, 5.74) is 10.9. The minimum absolute atomic E-state index is 0.176. The smallest absolute Gasteiger partial charge is 0.237 e. The maximum atomic E-state index is 11.6. The lowest BCUT2D eigenvalue weighted by molar-refractivity contribution is -0.124. The second-order valence-electron chi connectivity index (χ2n) is 6.12. The largest absolute Gasteiger partial charge is 0.383 e. The van der Waals surface area contributed by atoms with E-state index in [1.54, 1.807) is 14.2 Å². The van der Waals surface area contributed by atoms with Crippen molar-refractivity contribution in [1.82, 2.24) is 4.90 Å². The van der Waals surface area contributed by atoms with Crippen molar-refractivity contribution in [3.63, 3.8) is 0 Å². The molecule has 0 bridgehead atoms. The highest BCUT2D eigenvalue weighted by molar-refractivity contribution is 5.85. The van der Waals surface area contributed by atoms with Crippen molar-refractivity contribution in [3.8, 4) is 0 Å². The molecule has 3 atom stereocenters. The number of hydrogen-bond acceptors (Lipinski definition) is 5. The summed E-state index contributed by atoms with van der Waals surface area (Å²) in [6, 6.07) is 0.312. The van der Waals surface area contributed by atoms with Crippen LogP contribution in [0.5, 0.6) is 0 Å². The van der Waals surface area contributed by atoms with Gasteiger partial charge in [0.15, 0.2) is 0 Å². The molecule has 124 valence electrons. The third-order valence-electron chi connectivity index (χ3n) is 4.71. The number of rotatable bonds is 10. The van der Waals surface area contributed by atoms with E-state index in [0.29, 0.717) is 25.7 Å². The number of primary amides is 1. The van der Waals surface area contributed by atoms with Crippen LogP contribution in [0, 0.1) is 5.92 Å². The molecule has 1 rings (SSSR count). The molecule has 6 heteroatoms. The van der Waals surface area contributed by atoms with Gasteiger partial charge in [-0.25, -0.2) is 0 Å². The topological polar surface area (TPSA) is 90.8 Å². The first-order valence-electron chi connectivity index (χ1n) is 7.76. The van der Waals surface area contributed by atoms with E-state index >= 15 is 0 Å². The van der Waals surface area contributed by atoms with Gasteiger partial charge in [0.05, 0.1) is 18.8 Å². The molecule has 0 aromatic rings. The molecule has 0 aliphatic heterocycles. The van der Waals surface area contributed by atoms with Crippen LogP contribution in [0.25, 0.3) is 0 Å². The average Bonchev–Trinajstić information content (AvgIpc) is 2.82. The molecule has 0 saturated heterocycles. The Balaban J connectivity index is 2.57. The molecule has 4 N–H and O–H groups in total. The lowest BCUT2D eigenvalue weighted by Crippen LogP contribution is -2.55. The van der Waals surface area contributed by atoms with E-state index in [-0.39, 0.29) is 11.8 Å². The summed E-state index contributed by atoms with van der Waals surface area (Å²) in [5, 5.41) is 0. The highest BCUT2D eigenvalue weighted by Crippen LogP contribution is 2.36. The quantitative estimate of drug-likeness (QED) is 0.607. The standard InChI is InChI=1S/C15H31N3O3/c1-12(11-21-3)18(9-10-20-2)8-6-13-5-4-7-15(13,17)14(16)19/h12-13H,4-11,17H2,1-3H3,(H2,16,19). The van der Waals surface area contributed by atoms with Gasteiger partial charge in [0.25, 0.3) is 0 Å². The third-order valence-corrected chi connectivity index (χ3v) is 4.71. The lowest BCUT2D eigenvalue weighted by atomic mass is 9.85. The summed E-state index contributed by atoms with van der Waals surface area (Å²) < 4.78 is 10.4. The molecular formula is C15H31N3O3. The molecule has 3 unspecified atom stereocenters. The Morgan fingerprint density at radius 1 is 1.38 bits per heavy atom. The normalized spacial score (nSPS) is 27.2. The van der Waals surface area contributed by atoms with E-state index in [1.807, 2.05) is 0 Å². The Bertz CT molecular complexity index is 327. The number of carbonyl (C=O) groups excluding carboxylic acids is 1. The van der Waals surface area contributed by atoms with Crippen molar-refractivity contribution in [2.75, 3.05) is 40.5 Å². The van der Waals surface area contributed by atoms with Crippen LogP contribution in [0.15, 0.2) is 0 Å². The molecule has 0 radical (unpaired) electrons. The Morgan fingerprint density at radius 2 is 2.10 bits per heavy atom. The molecule has 1 aliphatic rings. The van der Waals surface area contributed by atoms with Crippen LogP contribution in [0.3, 0.4) is 0 Å². The van der Waals surface area contributed by atoms with E-state index in [2.05, 4.69) is 11.8 Å². The van der Waals surface area contributed by atoms with Crippen molar-refractivity contribution in [2.24, 2.45) is 17.4 Å². The van der Waals surface area contributed by atoms with E-state index in [9.17, 15) is 4.79 Å². The van der Waals surface area contributed by atoms with Crippen molar-refractivity contribution in [1.29, 1.82) is 0 Å². The fourth-order valence-electron chi connectivity index (χ4n) is 3.26. The minimum Gasteiger partial charge on any atom is -0.383 e. The predicted octanol–water partition coefficient (Wildman–Crippen LogP) is 0.343. The van der Waals surface area contributed by atoms with Crippen molar-refractivity contribution >= 4 is 5.91 Å². The number of hydrogen-bond donors (Lipinski definition) is 2. The zero-order chi connectivity index (χ0) is 15.9.